The maximum Gasteiger partial charge on any atom is 0.258 e. The van der Waals surface area contributed by atoms with Crippen molar-refractivity contribution in [2.45, 2.75) is 13.8 Å². The summed E-state index contributed by atoms with van der Waals surface area (Å²) < 4.78 is 3.13. The fourth-order valence-electron chi connectivity index (χ4n) is 3.54. The Labute approximate surface area is 179 Å². The van der Waals surface area contributed by atoms with Crippen LogP contribution in [0.3, 0.4) is 0 Å². The molecule has 0 aliphatic rings. The molecule has 0 radical (unpaired) electrons. The van der Waals surface area contributed by atoms with Gasteiger partial charge in [-0.1, -0.05) is 6.07 Å². The predicted octanol–water partition coefficient (Wildman–Crippen LogP) is 2.82. The third kappa shape index (κ3) is 3.90. The first-order valence-electron chi connectivity index (χ1n) is 9.82. The molecule has 156 valence electrons. The molecule has 7 nitrogen and oxygen atoms in total. The molecule has 0 atom stereocenters. The highest BCUT2D eigenvalue weighted by molar-refractivity contribution is 6.04. The topological polar surface area (TPSA) is 77.1 Å². The van der Waals surface area contributed by atoms with E-state index < -0.39 is 0 Å². The summed E-state index contributed by atoms with van der Waals surface area (Å²) in [6.45, 7) is 3.84. The van der Waals surface area contributed by atoms with Crippen molar-refractivity contribution in [2.24, 2.45) is 7.05 Å². The largest absolute Gasteiger partial charge is 0.322 e. The van der Waals surface area contributed by atoms with Crippen LogP contribution in [0.2, 0.25) is 0 Å². The van der Waals surface area contributed by atoms with E-state index in [1.807, 2.05) is 44.2 Å². The van der Waals surface area contributed by atoms with Crippen LogP contribution in [0.5, 0.6) is 0 Å². The lowest BCUT2D eigenvalue weighted by molar-refractivity contribution is -0.885. The highest BCUT2D eigenvalue weighted by atomic mass is 16.6. The maximum absolute atomic E-state index is 13.1. The van der Waals surface area contributed by atoms with Crippen LogP contribution in [-0.4, -0.2) is 22.6 Å². The second-order valence-electron chi connectivity index (χ2n) is 7.42. The number of rotatable bonds is 4. The first-order chi connectivity index (χ1) is 14.9. The van der Waals surface area contributed by atoms with E-state index in [-0.39, 0.29) is 11.5 Å². The average Bonchev–Trinajstić information content (AvgIpc) is 2.78. The normalized spacial score (nSPS) is 10.8. The fourth-order valence-corrected chi connectivity index (χ4v) is 3.54. The second kappa shape index (κ2) is 8.02. The molecule has 0 aliphatic heterocycles. The molecule has 4 rings (SSSR count). The minimum atomic E-state index is -0.246. The molecular formula is C24H23N4O3+. The Bertz CT molecular complexity index is 1360. The van der Waals surface area contributed by atoms with Gasteiger partial charge in [-0.2, -0.15) is 0 Å². The fraction of sp³-hybridized carbons (Fsp3) is 0.167. The molecule has 1 aromatic carbocycles. The predicted molar refractivity (Wildman–Crippen MR) is 119 cm³/mol. The van der Waals surface area contributed by atoms with E-state index in [2.05, 4.69) is 10.3 Å². The Morgan fingerprint density at radius 3 is 2.52 bits per heavy atom. The summed E-state index contributed by atoms with van der Waals surface area (Å²) in [4.78, 5) is 35.1. The van der Waals surface area contributed by atoms with Gasteiger partial charge in [-0.3, -0.25) is 19.4 Å². The molecule has 0 fully saturated rings. The van der Waals surface area contributed by atoms with Crippen molar-refractivity contribution in [1.82, 2.24) is 9.55 Å². The zero-order valence-corrected chi connectivity index (χ0v) is 17.8. The number of nitrogens with zero attached hydrogens (tertiary/aromatic N) is 3. The highest BCUT2D eigenvalue weighted by Crippen LogP contribution is 2.27. The van der Waals surface area contributed by atoms with Crippen molar-refractivity contribution in [3.63, 3.8) is 0 Å². The standard InChI is InChI=1S/C24H22N4O3/c1-15-5-6-19(26-23(29)17-7-9-28(31-4)10-8-17)13-20(15)21-12-18-14-25-16(2)11-22(18)27(3)24(21)30/h5-14H,1-4H3/p+1. The Balaban J connectivity index is 1.73. The van der Waals surface area contributed by atoms with Gasteiger partial charge in [0.2, 0.25) is 12.4 Å². The molecule has 3 aromatic heterocycles. The van der Waals surface area contributed by atoms with Gasteiger partial charge in [0.15, 0.2) is 0 Å². The van der Waals surface area contributed by atoms with Crippen LogP contribution in [0.1, 0.15) is 21.6 Å². The second-order valence-corrected chi connectivity index (χ2v) is 7.42. The number of nitrogens with one attached hydrogen (secondary N) is 1. The van der Waals surface area contributed by atoms with Gasteiger partial charge in [0.05, 0.1) is 11.1 Å². The SMILES string of the molecule is CO[n+]1ccc(C(=O)Nc2ccc(C)c(-c3cc4cnc(C)cc4n(C)c3=O)c2)cc1. The number of fused-ring (bicyclic) bond motifs is 1. The molecule has 31 heavy (non-hydrogen) atoms. The summed E-state index contributed by atoms with van der Waals surface area (Å²) in [5.74, 6) is -0.246. The average molecular weight is 415 g/mol. The van der Waals surface area contributed by atoms with Crippen molar-refractivity contribution in [3.05, 3.63) is 88.2 Å². The molecule has 0 saturated heterocycles. The molecule has 0 bridgehead atoms. The summed E-state index contributed by atoms with van der Waals surface area (Å²) in [7, 11) is 3.30. The highest BCUT2D eigenvalue weighted by Gasteiger charge is 2.14. The monoisotopic (exact) mass is 415 g/mol. The first kappa shape index (κ1) is 20.3. The molecule has 1 amide bonds. The van der Waals surface area contributed by atoms with Gasteiger partial charge in [-0.25, -0.2) is 0 Å². The van der Waals surface area contributed by atoms with E-state index >= 15 is 0 Å². The number of aromatic nitrogens is 3. The van der Waals surface area contributed by atoms with Crippen LogP contribution < -0.4 is 20.4 Å². The van der Waals surface area contributed by atoms with Crippen molar-refractivity contribution in [1.29, 1.82) is 0 Å². The number of amides is 1. The molecule has 4 aromatic rings. The van der Waals surface area contributed by atoms with Crippen LogP contribution >= 0.6 is 0 Å². The molecular weight excluding hydrogens is 392 g/mol. The minimum absolute atomic E-state index is 0.100. The maximum atomic E-state index is 13.1. The van der Waals surface area contributed by atoms with E-state index in [1.54, 1.807) is 49.4 Å². The number of anilines is 1. The molecule has 7 heteroatoms. The quantitative estimate of drug-likeness (QED) is 0.520. The smallest absolute Gasteiger partial charge is 0.258 e. The number of carbonyl (C=O) groups excluding carboxylic acids is 1. The zero-order chi connectivity index (χ0) is 22.1. The van der Waals surface area contributed by atoms with Gasteiger partial charge in [-0.15, -0.1) is 0 Å². The zero-order valence-electron chi connectivity index (χ0n) is 17.8. The van der Waals surface area contributed by atoms with E-state index in [1.165, 1.54) is 4.73 Å². The van der Waals surface area contributed by atoms with Crippen LogP contribution in [-0.2, 0) is 7.05 Å². The number of hydrogen-bond donors (Lipinski definition) is 1. The Kier molecular flexibility index (Phi) is 5.25. The van der Waals surface area contributed by atoms with Crippen LogP contribution in [0.25, 0.3) is 22.0 Å². The third-order valence-electron chi connectivity index (χ3n) is 5.31. The minimum Gasteiger partial charge on any atom is -0.322 e. The number of pyridine rings is 3. The molecule has 0 saturated carbocycles. The molecule has 0 unspecified atom stereocenters. The van der Waals surface area contributed by atoms with Crippen molar-refractivity contribution >= 4 is 22.5 Å². The number of aryl methyl sites for hydroxylation is 3. The summed E-state index contributed by atoms with van der Waals surface area (Å²) in [5.41, 5.74) is 4.97. The molecule has 3 heterocycles. The lowest BCUT2D eigenvalue weighted by Gasteiger charge is -2.13. The number of hydrogen-bond acceptors (Lipinski definition) is 4. The summed E-state index contributed by atoms with van der Waals surface area (Å²) >= 11 is 0. The summed E-state index contributed by atoms with van der Waals surface area (Å²) in [6.07, 6.45) is 5.09. The van der Waals surface area contributed by atoms with Gasteiger partial charge in [0.1, 0.15) is 7.11 Å². The molecule has 1 N–H and O–H groups in total. The van der Waals surface area contributed by atoms with Gasteiger partial charge in [0.25, 0.3) is 11.5 Å². The molecule has 0 aliphatic carbocycles. The van der Waals surface area contributed by atoms with E-state index in [4.69, 9.17) is 4.84 Å². The first-order valence-corrected chi connectivity index (χ1v) is 9.82. The van der Waals surface area contributed by atoms with Crippen LogP contribution in [0.15, 0.2) is 65.8 Å². The van der Waals surface area contributed by atoms with Crippen molar-refractivity contribution < 1.29 is 14.4 Å². The summed E-state index contributed by atoms with van der Waals surface area (Å²) in [6, 6.07) is 12.6. The number of carbonyl (C=O) groups is 1. The lowest BCUT2D eigenvalue weighted by atomic mass is 9.99. The van der Waals surface area contributed by atoms with E-state index in [0.717, 1.165) is 27.7 Å². The van der Waals surface area contributed by atoms with Crippen LogP contribution in [0, 0.1) is 13.8 Å². The number of benzene rings is 1. The molecule has 0 spiro atoms. The summed E-state index contributed by atoms with van der Waals surface area (Å²) in [5, 5.41) is 3.78. The van der Waals surface area contributed by atoms with E-state index in [9.17, 15) is 9.59 Å². The third-order valence-corrected chi connectivity index (χ3v) is 5.31. The van der Waals surface area contributed by atoms with Gasteiger partial charge >= 0.3 is 0 Å². The van der Waals surface area contributed by atoms with E-state index in [0.29, 0.717) is 16.8 Å². The van der Waals surface area contributed by atoms with Gasteiger partial charge in [0, 0.05) is 52.4 Å². The Morgan fingerprint density at radius 1 is 1.06 bits per heavy atom. The van der Waals surface area contributed by atoms with Crippen molar-refractivity contribution in [2.75, 3.05) is 12.4 Å². The van der Waals surface area contributed by atoms with Crippen LogP contribution in [0.4, 0.5) is 5.69 Å². The lowest BCUT2D eigenvalue weighted by Crippen LogP contribution is -2.39. The Morgan fingerprint density at radius 2 is 1.81 bits per heavy atom. The Hall–Kier alpha value is -4.00. The van der Waals surface area contributed by atoms with Gasteiger partial charge in [-0.05, 0) is 49.2 Å². The van der Waals surface area contributed by atoms with Crippen molar-refractivity contribution in [3.8, 4) is 11.1 Å². The van der Waals surface area contributed by atoms with Gasteiger partial charge < -0.3 is 9.88 Å².